The number of ether oxygens (including phenoxy) is 1. The third kappa shape index (κ3) is 1.83. The maximum absolute atomic E-state index is 11.1. The first-order valence-electron chi connectivity index (χ1n) is 7.08. The lowest BCUT2D eigenvalue weighted by Gasteiger charge is -2.34. The smallest absolute Gasteiger partial charge is 0.125 e. The average Bonchev–Trinajstić information content (AvgIpc) is 2.89. The van der Waals surface area contributed by atoms with Crippen molar-refractivity contribution in [2.45, 2.75) is 51.2 Å². The topological polar surface area (TPSA) is 29.5 Å². The summed E-state index contributed by atoms with van der Waals surface area (Å²) in [6, 6.07) is 8.02. The lowest BCUT2D eigenvalue weighted by molar-refractivity contribution is -0.0210. The Morgan fingerprint density at radius 2 is 2.06 bits per heavy atom. The lowest BCUT2D eigenvalue weighted by Crippen LogP contribution is -2.33. The first-order chi connectivity index (χ1) is 8.59. The van der Waals surface area contributed by atoms with Gasteiger partial charge in [-0.1, -0.05) is 18.2 Å². The van der Waals surface area contributed by atoms with E-state index in [9.17, 15) is 5.11 Å². The standard InChI is InChI=1S/C16H22O2/c1-11(2)18-15-6-4-3-5-14(15)16(17)10-12-7-8-13(16)9-12/h3-6,11-13,17H,7-10H2,1-2H3. The third-order valence-electron chi connectivity index (χ3n) is 4.53. The van der Waals surface area contributed by atoms with Gasteiger partial charge in [-0.2, -0.15) is 0 Å². The number of aliphatic hydroxyl groups is 1. The molecule has 2 saturated carbocycles. The molecule has 1 N–H and O–H groups in total. The van der Waals surface area contributed by atoms with Crippen LogP contribution in [0.1, 0.15) is 45.1 Å². The highest BCUT2D eigenvalue weighted by atomic mass is 16.5. The van der Waals surface area contributed by atoms with E-state index >= 15 is 0 Å². The number of benzene rings is 1. The minimum absolute atomic E-state index is 0.147. The molecular weight excluding hydrogens is 224 g/mol. The summed E-state index contributed by atoms with van der Waals surface area (Å²) >= 11 is 0. The van der Waals surface area contributed by atoms with E-state index in [1.807, 2.05) is 38.1 Å². The highest BCUT2D eigenvalue weighted by molar-refractivity contribution is 5.40. The van der Waals surface area contributed by atoms with Crippen molar-refractivity contribution >= 4 is 0 Å². The van der Waals surface area contributed by atoms with Crippen LogP contribution in [0.2, 0.25) is 0 Å². The van der Waals surface area contributed by atoms with Crippen LogP contribution in [0.5, 0.6) is 5.75 Å². The monoisotopic (exact) mass is 246 g/mol. The largest absolute Gasteiger partial charge is 0.491 e. The Balaban J connectivity index is 1.96. The predicted molar refractivity (Wildman–Crippen MR) is 71.6 cm³/mol. The Morgan fingerprint density at radius 1 is 1.28 bits per heavy atom. The SMILES string of the molecule is CC(C)Oc1ccccc1C1(O)CC2CCC1C2. The van der Waals surface area contributed by atoms with E-state index in [1.54, 1.807) is 0 Å². The molecule has 0 radical (unpaired) electrons. The van der Waals surface area contributed by atoms with Crippen LogP contribution >= 0.6 is 0 Å². The van der Waals surface area contributed by atoms with E-state index in [1.165, 1.54) is 12.8 Å². The summed E-state index contributed by atoms with van der Waals surface area (Å²) in [7, 11) is 0. The summed E-state index contributed by atoms with van der Waals surface area (Å²) in [5.41, 5.74) is 0.361. The first-order valence-corrected chi connectivity index (χ1v) is 7.08. The van der Waals surface area contributed by atoms with Crippen molar-refractivity contribution in [1.29, 1.82) is 0 Å². The first kappa shape index (κ1) is 12.0. The molecule has 2 heteroatoms. The molecule has 0 heterocycles. The zero-order valence-corrected chi connectivity index (χ0v) is 11.2. The second-order valence-electron chi connectivity index (χ2n) is 6.17. The lowest BCUT2D eigenvalue weighted by atomic mass is 9.78. The van der Waals surface area contributed by atoms with Crippen LogP contribution < -0.4 is 4.74 Å². The summed E-state index contributed by atoms with van der Waals surface area (Å²) < 4.78 is 5.87. The van der Waals surface area contributed by atoms with Crippen LogP contribution in [0.15, 0.2) is 24.3 Å². The summed E-state index contributed by atoms with van der Waals surface area (Å²) in [5, 5.41) is 11.1. The van der Waals surface area contributed by atoms with E-state index in [0.29, 0.717) is 11.8 Å². The molecule has 18 heavy (non-hydrogen) atoms. The van der Waals surface area contributed by atoms with Crippen LogP contribution in [0.25, 0.3) is 0 Å². The quantitative estimate of drug-likeness (QED) is 0.884. The van der Waals surface area contributed by atoms with Crippen molar-refractivity contribution in [3.05, 3.63) is 29.8 Å². The van der Waals surface area contributed by atoms with Gasteiger partial charge in [-0.15, -0.1) is 0 Å². The summed E-state index contributed by atoms with van der Waals surface area (Å²) in [6.45, 7) is 4.06. The molecule has 3 unspecified atom stereocenters. The number of para-hydroxylation sites is 1. The molecule has 2 nitrogen and oxygen atoms in total. The molecule has 2 aliphatic rings. The van der Waals surface area contributed by atoms with Gasteiger partial charge in [0, 0.05) is 5.56 Å². The highest BCUT2D eigenvalue weighted by Gasteiger charge is 2.51. The fraction of sp³-hybridized carbons (Fsp3) is 0.625. The van der Waals surface area contributed by atoms with Crippen LogP contribution in [0.4, 0.5) is 0 Å². The van der Waals surface area contributed by atoms with E-state index in [0.717, 1.165) is 24.2 Å². The average molecular weight is 246 g/mol. The second kappa shape index (κ2) is 4.27. The Labute approximate surface area is 109 Å². The summed E-state index contributed by atoms with van der Waals surface area (Å²) in [4.78, 5) is 0. The summed E-state index contributed by atoms with van der Waals surface area (Å²) in [6.07, 6.45) is 4.70. The van der Waals surface area contributed by atoms with Gasteiger partial charge in [0.1, 0.15) is 5.75 Å². The van der Waals surface area contributed by atoms with Gasteiger partial charge in [0.2, 0.25) is 0 Å². The molecule has 3 rings (SSSR count). The molecule has 3 atom stereocenters. The molecular formula is C16H22O2. The summed E-state index contributed by atoms with van der Waals surface area (Å²) in [5.74, 6) is 2.01. The van der Waals surface area contributed by atoms with Crippen LogP contribution in [-0.2, 0) is 5.60 Å². The molecule has 0 amide bonds. The van der Waals surface area contributed by atoms with Gasteiger partial charge in [0.05, 0.1) is 11.7 Å². The van der Waals surface area contributed by atoms with Crippen LogP contribution in [0, 0.1) is 11.8 Å². The molecule has 98 valence electrons. The Morgan fingerprint density at radius 3 is 2.67 bits per heavy atom. The van der Waals surface area contributed by atoms with Crippen molar-refractivity contribution in [2.24, 2.45) is 11.8 Å². The van der Waals surface area contributed by atoms with Gasteiger partial charge in [0.25, 0.3) is 0 Å². The molecule has 1 aromatic rings. The zero-order valence-electron chi connectivity index (χ0n) is 11.2. The maximum Gasteiger partial charge on any atom is 0.125 e. The van der Waals surface area contributed by atoms with E-state index in [-0.39, 0.29) is 6.10 Å². The molecule has 0 aliphatic heterocycles. The predicted octanol–water partition coefficient (Wildman–Crippen LogP) is 3.48. The number of hydrogen-bond acceptors (Lipinski definition) is 2. The van der Waals surface area contributed by atoms with Crippen molar-refractivity contribution in [1.82, 2.24) is 0 Å². The highest BCUT2D eigenvalue weighted by Crippen LogP contribution is 2.56. The van der Waals surface area contributed by atoms with Crippen molar-refractivity contribution in [3.63, 3.8) is 0 Å². The number of rotatable bonds is 3. The molecule has 0 aromatic heterocycles. The van der Waals surface area contributed by atoms with Gasteiger partial charge in [-0.3, -0.25) is 0 Å². The molecule has 0 spiro atoms. The van der Waals surface area contributed by atoms with Gasteiger partial charge in [-0.05, 0) is 57.4 Å². The molecule has 2 aliphatic carbocycles. The molecule has 2 fully saturated rings. The molecule has 2 bridgehead atoms. The van der Waals surface area contributed by atoms with Gasteiger partial charge in [0.15, 0.2) is 0 Å². The number of fused-ring (bicyclic) bond motifs is 2. The normalized spacial score (nSPS) is 34.2. The second-order valence-corrected chi connectivity index (χ2v) is 6.17. The van der Waals surface area contributed by atoms with E-state index < -0.39 is 5.60 Å². The minimum Gasteiger partial charge on any atom is -0.491 e. The molecule has 1 aromatic carbocycles. The van der Waals surface area contributed by atoms with Gasteiger partial charge >= 0.3 is 0 Å². The van der Waals surface area contributed by atoms with Gasteiger partial charge < -0.3 is 9.84 Å². The fourth-order valence-electron chi connectivity index (χ4n) is 3.81. The zero-order chi connectivity index (χ0) is 12.8. The van der Waals surface area contributed by atoms with Crippen LogP contribution in [-0.4, -0.2) is 11.2 Å². The fourth-order valence-corrected chi connectivity index (χ4v) is 3.81. The van der Waals surface area contributed by atoms with Crippen molar-refractivity contribution < 1.29 is 9.84 Å². The molecule has 0 saturated heterocycles. The van der Waals surface area contributed by atoms with Crippen molar-refractivity contribution in [2.75, 3.05) is 0 Å². The Hall–Kier alpha value is -1.02. The number of hydrogen-bond donors (Lipinski definition) is 1. The van der Waals surface area contributed by atoms with E-state index in [4.69, 9.17) is 4.74 Å². The van der Waals surface area contributed by atoms with E-state index in [2.05, 4.69) is 0 Å². The maximum atomic E-state index is 11.1. The Bertz CT molecular complexity index is 440. The third-order valence-corrected chi connectivity index (χ3v) is 4.53. The van der Waals surface area contributed by atoms with Gasteiger partial charge in [-0.25, -0.2) is 0 Å². The van der Waals surface area contributed by atoms with Crippen molar-refractivity contribution in [3.8, 4) is 5.75 Å². The minimum atomic E-state index is -0.644. The van der Waals surface area contributed by atoms with Crippen LogP contribution in [0.3, 0.4) is 0 Å². The Kier molecular flexibility index (Phi) is 2.86.